The fourth-order valence-corrected chi connectivity index (χ4v) is 2.44. The van der Waals surface area contributed by atoms with Crippen LogP contribution in [0, 0.1) is 10.1 Å². The minimum Gasteiger partial charge on any atom is -0.317 e. The summed E-state index contributed by atoms with van der Waals surface area (Å²) in [7, 11) is 0. The number of carbonyl (C=O) groups is 2. The van der Waals surface area contributed by atoms with Gasteiger partial charge in [0.05, 0.1) is 10.6 Å². The van der Waals surface area contributed by atoms with E-state index in [4.69, 9.17) is 12.2 Å². The summed E-state index contributed by atoms with van der Waals surface area (Å²) < 4.78 is 1.63. The number of non-ortho nitro benzene ring substituents is 1. The lowest BCUT2D eigenvalue weighted by molar-refractivity contribution is -0.384. The van der Waals surface area contributed by atoms with Gasteiger partial charge in [0.2, 0.25) is 0 Å². The Hall–Kier alpha value is -3.33. The van der Waals surface area contributed by atoms with Crippen molar-refractivity contribution in [3.63, 3.8) is 0 Å². The quantitative estimate of drug-likeness (QED) is 0.287. The topological polar surface area (TPSA) is 106 Å². The Morgan fingerprint density at radius 2 is 1.83 bits per heavy atom. The van der Waals surface area contributed by atoms with E-state index in [1.807, 2.05) is 0 Å². The van der Waals surface area contributed by atoms with Gasteiger partial charge in [-0.05, 0) is 36.5 Å². The van der Waals surface area contributed by atoms with Crippen molar-refractivity contribution in [3.8, 4) is 5.69 Å². The number of hydrogen-bond acceptors (Lipinski definition) is 5. The van der Waals surface area contributed by atoms with Crippen LogP contribution in [0.3, 0.4) is 0 Å². The number of nitrogens with one attached hydrogen (secondary N) is 2. The molecule has 0 unspecified atom stereocenters. The maximum atomic E-state index is 11.9. The Labute approximate surface area is 140 Å². The number of amides is 2. The Morgan fingerprint density at radius 1 is 1.12 bits per heavy atom. The fraction of sp³-hybridized carbons (Fsp3) is 0. The Bertz CT molecular complexity index is 894. The number of nitro benzene ring substituents is 1. The number of rotatable bonds is 3. The molecule has 0 radical (unpaired) electrons. The zero-order valence-electron chi connectivity index (χ0n) is 12.1. The van der Waals surface area contributed by atoms with E-state index < -0.39 is 16.7 Å². The van der Waals surface area contributed by atoms with Crippen LogP contribution in [0.5, 0.6) is 0 Å². The zero-order chi connectivity index (χ0) is 17.3. The highest BCUT2D eigenvalue weighted by Crippen LogP contribution is 2.20. The maximum absolute atomic E-state index is 11.9. The molecule has 3 rings (SSSR count). The lowest BCUT2D eigenvalue weighted by Crippen LogP contribution is -2.51. The molecule has 2 heterocycles. The van der Waals surface area contributed by atoms with Gasteiger partial charge in [-0.25, -0.2) is 0 Å². The average Bonchev–Trinajstić information content (AvgIpc) is 2.99. The summed E-state index contributed by atoms with van der Waals surface area (Å²) in [6.07, 6.45) is 3.07. The average molecular weight is 342 g/mol. The van der Waals surface area contributed by atoms with Crippen molar-refractivity contribution >= 4 is 40.9 Å². The molecule has 0 saturated carbocycles. The van der Waals surface area contributed by atoms with Crippen LogP contribution in [0.15, 0.2) is 48.2 Å². The minimum absolute atomic E-state index is 0.0452. The predicted molar refractivity (Wildman–Crippen MR) is 89.3 cm³/mol. The van der Waals surface area contributed by atoms with Crippen LogP contribution in [0.2, 0.25) is 0 Å². The van der Waals surface area contributed by atoms with Crippen molar-refractivity contribution in [2.45, 2.75) is 0 Å². The SMILES string of the molecule is O=C1NC(=S)NC(=O)C1=Cc1cccn1-c1cccc([N+](=O)[O-])c1. The van der Waals surface area contributed by atoms with Gasteiger partial charge < -0.3 is 4.57 Å². The lowest BCUT2D eigenvalue weighted by Gasteiger charge is -2.16. The summed E-state index contributed by atoms with van der Waals surface area (Å²) in [6.45, 7) is 0. The summed E-state index contributed by atoms with van der Waals surface area (Å²) in [5, 5.41) is 15.6. The second-order valence-electron chi connectivity index (χ2n) is 4.88. The van der Waals surface area contributed by atoms with E-state index >= 15 is 0 Å². The molecule has 9 heteroatoms. The van der Waals surface area contributed by atoms with Gasteiger partial charge in [0.15, 0.2) is 5.11 Å². The third kappa shape index (κ3) is 2.92. The van der Waals surface area contributed by atoms with Crippen LogP contribution in [-0.4, -0.2) is 26.4 Å². The van der Waals surface area contributed by atoms with Gasteiger partial charge in [-0.1, -0.05) is 6.07 Å². The standard InChI is InChI=1S/C15H10N4O4S/c20-13-12(14(21)17-15(24)16-13)8-10-5-2-6-18(10)9-3-1-4-11(7-9)19(22)23/h1-8H,(H2,16,17,20,21,24). The molecule has 0 bridgehead atoms. The molecule has 1 saturated heterocycles. The van der Waals surface area contributed by atoms with Gasteiger partial charge in [0, 0.05) is 24.0 Å². The summed E-state index contributed by atoms with van der Waals surface area (Å²) in [4.78, 5) is 34.2. The number of nitrogens with zero attached hydrogens (tertiary/aromatic N) is 2. The van der Waals surface area contributed by atoms with Crippen LogP contribution in [-0.2, 0) is 9.59 Å². The number of benzene rings is 1. The van der Waals surface area contributed by atoms with E-state index in [9.17, 15) is 19.7 Å². The predicted octanol–water partition coefficient (Wildman–Crippen LogP) is 1.30. The highest BCUT2D eigenvalue weighted by atomic mass is 32.1. The van der Waals surface area contributed by atoms with Crippen LogP contribution in [0.1, 0.15) is 5.69 Å². The van der Waals surface area contributed by atoms with Crippen LogP contribution < -0.4 is 10.6 Å². The molecular weight excluding hydrogens is 332 g/mol. The molecule has 8 nitrogen and oxygen atoms in total. The second-order valence-corrected chi connectivity index (χ2v) is 5.28. The van der Waals surface area contributed by atoms with Gasteiger partial charge in [-0.3, -0.25) is 30.3 Å². The molecule has 1 aliphatic heterocycles. The Kier molecular flexibility index (Phi) is 3.92. The highest BCUT2D eigenvalue weighted by Gasteiger charge is 2.26. The molecule has 1 aromatic carbocycles. The van der Waals surface area contributed by atoms with Crippen molar-refractivity contribution in [1.29, 1.82) is 0 Å². The summed E-state index contributed by atoms with van der Waals surface area (Å²) in [6, 6.07) is 9.41. The summed E-state index contributed by atoms with van der Waals surface area (Å²) in [5.41, 5.74) is 0.893. The Morgan fingerprint density at radius 3 is 2.50 bits per heavy atom. The molecular formula is C15H10N4O4S. The number of thiocarbonyl (C=S) groups is 1. The zero-order valence-corrected chi connectivity index (χ0v) is 12.9. The first-order valence-corrected chi connectivity index (χ1v) is 7.17. The van der Waals surface area contributed by atoms with Crippen molar-refractivity contribution < 1.29 is 14.5 Å². The molecule has 2 amide bonds. The minimum atomic E-state index is -0.601. The van der Waals surface area contributed by atoms with Gasteiger partial charge in [-0.15, -0.1) is 0 Å². The van der Waals surface area contributed by atoms with Crippen molar-refractivity contribution in [1.82, 2.24) is 15.2 Å². The van der Waals surface area contributed by atoms with Gasteiger partial charge in [-0.2, -0.15) is 0 Å². The third-order valence-corrected chi connectivity index (χ3v) is 3.54. The number of nitro groups is 1. The van der Waals surface area contributed by atoms with E-state index in [-0.39, 0.29) is 16.4 Å². The number of hydrogen-bond donors (Lipinski definition) is 2. The van der Waals surface area contributed by atoms with Gasteiger partial charge in [0.1, 0.15) is 5.57 Å². The first-order valence-electron chi connectivity index (χ1n) is 6.76. The maximum Gasteiger partial charge on any atom is 0.271 e. The lowest BCUT2D eigenvalue weighted by atomic mass is 10.1. The molecule has 2 aromatic rings. The van der Waals surface area contributed by atoms with Crippen LogP contribution >= 0.6 is 12.2 Å². The molecule has 24 heavy (non-hydrogen) atoms. The number of aromatic nitrogens is 1. The molecule has 0 atom stereocenters. The van der Waals surface area contributed by atoms with E-state index in [1.54, 1.807) is 35.0 Å². The normalized spacial score (nSPS) is 14.2. The summed E-state index contributed by atoms with van der Waals surface area (Å²) in [5.74, 6) is -1.20. The monoisotopic (exact) mass is 342 g/mol. The fourth-order valence-electron chi connectivity index (χ4n) is 2.26. The first-order chi connectivity index (χ1) is 11.5. The molecule has 0 spiro atoms. The van der Waals surface area contributed by atoms with E-state index in [0.29, 0.717) is 11.4 Å². The highest BCUT2D eigenvalue weighted by molar-refractivity contribution is 7.80. The van der Waals surface area contributed by atoms with Crippen molar-refractivity contribution in [2.75, 3.05) is 0 Å². The van der Waals surface area contributed by atoms with Crippen LogP contribution in [0.4, 0.5) is 5.69 Å². The first kappa shape index (κ1) is 15.6. The smallest absolute Gasteiger partial charge is 0.271 e. The van der Waals surface area contributed by atoms with Gasteiger partial charge >= 0.3 is 0 Å². The van der Waals surface area contributed by atoms with E-state index in [2.05, 4.69) is 10.6 Å². The van der Waals surface area contributed by atoms with E-state index in [1.165, 1.54) is 18.2 Å². The molecule has 2 N–H and O–H groups in total. The van der Waals surface area contributed by atoms with E-state index in [0.717, 1.165) is 0 Å². The van der Waals surface area contributed by atoms with Gasteiger partial charge in [0.25, 0.3) is 17.5 Å². The third-order valence-electron chi connectivity index (χ3n) is 3.33. The molecule has 120 valence electrons. The van der Waals surface area contributed by atoms with Crippen molar-refractivity contribution in [2.24, 2.45) is 0 Å². The Balaban J connectivity index is 2.02. The van der Waals surface area contributed by atoms with Crippen molar-refractivity contribution in [3.05, 3.63) is 64.0 Å². The second kappa shape index (κ2) is 6.05. The summed E-state index contributed by atoms with van der Waals surface area (Å²) >= 11 is 4.74. The largest absolute Gasteiger partial charge is 0.317 e. The van der Waals surface area contributed by atoms with Crippen LogP contribution in [0.25, 0.3) is 11.8 Å². The molecule has 1 fully saturated rings. The number of carbonyl (C=O) groups excluding carboxylic acids is 2. The molecule has 1 aliphatic rings. The molecule has 0 aliphatic carbocycles. The molecule has 1 aromatic heterocycles.